The number of benzene rings is 1. The molecule has 1 aliphatic heterocycles. The SMILES string of the molecule is N#Cc1ccccc1S(=O)(=O)N1CCn2ccnc2C1. The minimum Gasteiger partial charge on any atom is -0.333 e. The van der Waals surface area contributed by atoms with E-state index in [4.69, 9.17) is 5.26 Å². The molecule has 6 nitrogen and oxygen atoms in total. The number of hydrogen-bond acceptors (Lipinski definition) is 4. The predicted molar refractivity (Wildman–Crippen MR) is 71.0 cm³/mol. The lowest BCUT2D eigenvalue weighted by Crippen LogP contribution is -2.38. The van der Waals surface area contributed by atoms with Crippen LogP contribution in [-0.2, 0) is 23.1 Å². The van der Waals surface area contributed by atoms with Crippen LogP contribution in [0.25, 0.3) is 0 Å². The number of sulfonamides is 1. The normalized spacial score (nSPS) is 15.6. The topological polar surface area (TPSA) is 79.0 Å². The van der Waals surface area contributed by atoms with Crippen LogP contribution in [0, 0.1) is 11.3 Å². The summed E-state index contributed by atoms with van der Waals surface area (Å²) in [6.45, 7) is 1.18. The van der Waals surface area contributed by atoms with Crippen LogP contribution in [0.2, 0.25) is 0 Å². The number of fused-ring (bicyclic) bond motifs is 1. The van der Waals surface area contributed by atoms with Crippen LogP contribution in [-0.4, -0.2) is 28.8 Å². The maximum Gasteiger partial charge on any atom is 0.244 e. The summed E-state index contributed by atoms with van der Waals surface area (Å²) in [6, 6.07) is 8.18. The minimum atomic E-state index is -3.67. The molecule has 0 saturated carbocycles. The van der Waals surface area contributed by atoms with Gasteiger partial charge < -0.3 is 4.57 Å². The van der Waals surface area contributed by atoms with Crippen molar-refractivity contribution in [3.05, 3.63) is 48.0 Å². The number of nitriles is 1. The summed E-state index contributed by atoms with van der Waals surface area (Å²) in [5.41, 5.74) is 0.168. The molecule has 0 bridgehead atoms. The Morgan fingerprint density at radius 3 is 2.85 bits per heavy atom. The lowest BCUT2D eigenvalue weighted by Gasteiger charge is -2.27. The van der Waals surface area contributed by atoms with E-state index in [1.54, 1.807) is 18.3 Å². The van der Waals surface area contributed by atoms with E-state index in [1.807, 2.05) is 16.8 Å². The monoisotopic (exact) mass is 288 g/mol. The van der Waals surface area contributed by atoms with Crippen molar-refractivity contribution in [2.45, 2.75) is 18.0 Å². The lowest BCUT2D eigenvalue weighted by molar-refractivity contribution is 0.335. The lowest BCUT2D eigenvalue weighted by atomic mass is 10.2. The van der Waals surface area contributed by atoms with Crippen LogP contribution >= 0.6 is 0 Å². The molecule has 0 unspecified atom stereocenters. The molecule has 3 rings (SSSR count). The molecule has 2 aromatic rings. The molecule has 0 aliphatic carbocycles. The van der Waals surface area contributed by atoms with E-state index in [9.17, 15) is 8.42 Å². The van der Waals surface area contributed by atoms with E-state index in [0.29, 0.717) is 18.9 Å². The van der Waals surface area contributed by atoms with Crippen LogP contribution in [0.4, 0.5) is 0 Å². The second kappa shape index (κ2) is 4.74. The molecular weight excluding hydrogens is 276 g/mol. The molecular formula is C13H12N4O2S. The van der Waals surface area contributed by atoms with E-state index in [1.165, 1.54) is 16.4 Å². The van der Waals surface area contributed by atoms with Gasteiger partial charge in [-0.2, -0.15) is 9.57 Å². The second-order valence-corrected chi connectivity index (χ2v) is 6.39. The van der Waals surface area contributed by atoms with Gasteiger partial charge in [-0.3, -0.25) is 0 Å². The third-order valence-corrected chi connectivity index (χ3v) is 5.24. The molecule has 1 aliphatic rings. The van der Waals surface area contributed by atoms with Gasteiger partial charge in [0.15, 0.2) is 0 Å². The standard InChI is InChI=1S/C13H12N4O2S/c14-9-11-3-1-2-4-12(11)20(18,19)17-8-7-16-6-5-15-13(16)10-17/h1-6H,7-8,10H2. The van der Waals surface area contributed by atoms with Gasteiger partial charge in [0.05, 0.1) is 17.0 Å². The summed E-state index contributed by atoms with van der Waals surface area (Å²) in [7, 11) is -3.67. The van der Waals surface area contributed by atoms with Crippen LogP contribution in [0.5, 0.6) is 0 Å². The Morgan fingerprint density at radius 2 is 2.05 bits per heavy atom. The largest absolute Gasteiger partial charge is 0.333 e. The highest BCUT2D eigenvalue weighted by Gasteiger charge is 2.30. The molecule has 0 spiro atoms. The van der Waals surface area contributed by atoms with Gasteiger partial charge in [-0.1, -0.05) is 12.1 Å². The molecule has 2 heterocycles. The number of hydrogen-bond donors (Lipinski definition) is 0. The molecule has 0 fully saturated rings. The average Bonchev–Trinajstić information content (AvgIpc) is 2.94. The summed E-state index contributed by atoms with van der Waals surface area (Å²) in [4.78, 5) is 4.21. The first kappa shape index (κ1) is 12.8. The van der Waals surface area contributed by atoms with Crippen molar-refractivity contribution in [1.29, 1.82) is 5.26 Å². The Bertz CT molecular complexity index is 789. The Balaban J connectivity index is 2.00. The van der Waals surface area contributed by atoms with Gasteiger partial charge in [-0.15, -0.1) is 0 Å². The van der Waals surface area contributed by atoms with Crippen molar-refractivity contribution in [2.24, 2.45) is 0 Å². The van der Waals surface area contributed by atoms with Crippen molar-refractivity contribution in [3.8, 4) is 6.07 Å². The number of nitrogens with zero attached hydrogens (tertiary/aromatic N) is 4. The minimum absolute atomic E-state index is 0.0579. The van der Waals surface area contributed by atoms with Gasteiger partial charge in [0, 0.05) is 25.5 Å². The third-order valence-electron chi connectivity index (χ3n) is 3.34. The summed E-state index contributed by atoms with van der Waals surface area (Å²) >= 11 is 0. The molecule has 0 N–H and O–H groups in total. The van der Waals surface area contributed by atoms with Crippen LogP contribution in [0.3, 0.4) is 0 Å². The van der Waals surface area contributed by atoms with Crippen molar-refractivity contribution < 1.29 is 8.42 Å². The predicted octanol–water partition coefficient (Wildman–Crippen LogP) is 0.959. The zero-order valence-electron chi connectivity index (χ0n) is 10.6. The van der Waals surface area contributed by atoms with Gasteiger partial charge in [0.1, 0.15) is 11.9 Å². The summed E-state index contributed by atoms with van der Waals surface area (Å²) in [5, 5.41) is 9.06. The first-order valence-electron chi connectivity index (χ1n) is 6.12. The highest BCUT2D eigenvalue weighted by Crippen LogP contribution is 2.23. The van der Waals surface area contributed by atoms with Gasteiger partial charge in [0.25, 0.3) is 0 Å². The van der Waals surface area contributed by atoms with E-state index in [0.717, 1.165) is 0 Å². The van der Waals surface area contributed by atoms with E-state index in [2.05, 4.69) is 4.98 Å². The quantitative estimate of drug-likeness (QED) is 0.824. The molecule has 102 valence electrons. The fraction of sp³-hybridized carbons (Fsp3) is 0.231. The zero-order valence-corrected chi connectivity index (χ0v) is 11.4. The maximum absolute atomic E-state index is 12.6. The van der Waals surface area contributed by atoms with E-state index < -0.39 is 10.0 Å². The number of aromatic nitrogens is 2. The number of imidazole rings is 1. The van der Waals surface area contributed by atoms with E-state index in [-0.39, 0.29) is 17.0 Å². The smallest absolute Gasteiger partial charge is 0.244 e. The molecule has 1 aromatic carbocycles. The van der Waals surface area contributed by atoms with Crippen molar-refractivity contribution in [1.82, 2.24) is 13.9 Å². The Labute approximate surface area is 116 Å². The second-order valence-electron chi connectivity index (χ2n) is 4.48. The molecule has 7 heteroatoms. The molecule has 0 atom stereocenters. The van der Waals surface area contributed by atoms with E-state index >= 15 is 0 Å². The van der Waals surface area contributed by atoms with Gasteiger partial charge >= 0.3 is 0 Å². The highest BCUT2D eigenvalue weighted by atomic mass is 32.2. The molecule has 0 amide bonds. The molecule has 0 radical (unpaired) electrons. The van der Waals surface area contributed by atoms with Crippen molar-refractivity contribution in [2.75, 3.05) is 6.54 Å². The Kier molecular flexibility index (Phi) is 3.04. The van der Waals surface area contributed by atoms with Gasteiger partial charge in [0.2, 0.25) is 10.0 Å². The number of rotatable bonds is 2. The first-order valence-corrected chi connectivity index (χ1v) is 7.56. The Morgan fingerprint density at radius 1 is 1.25 bits per heavy atom. The highest BCUT2D eigenvalue weighted by molar-refractivity contribution is 7.89. The maximum atomic E-state index is 12.6. The van der Waals surface area contributed by atoms with Crippen LogP contribution < -0.4 is 0 Å². The third kappa shape index (κ3) is 1.99. The van der Waals surface area contributed by atoms with Crippen molar-refractivity contribution in [3.63, 3.8) is 0 Å². The fourth-order valence-corrected chi connectivity index (χ4v) is 3.81. The van der Waals surface area contributed by atoms with Crippen LogP contribution in [0.1, 0.15) is 11.4 Å². The van der Waals surface area contributed by atoms with Crippen molar-refractivity contribution >= 4 is 10.0 Å². The first-order chi connectivity index (χ1) is 9.63. The molecule has 20 heavy (non-hydrogen) atoms. The fourth-order valence-electron chi connectivity index (χ4n) is 2.28. The molecule has 1 aromatic heterocycles. The zero-order chi connectivity index (χ0) is 14.2. The van der Waals surface area contributed by atoms with Gasteiger partial charge in [-0.05, 0) is 12.1 Å². The van der Waals surface area contributed by atoms with Gasteiger partial charge in [-0.25, -0.2) is 13.4 Å². The summed E-state index contributed by atoms with van der Waals surface area (Å²) in [6.07, 6.45) is 3.50. The summed E-state index contributed by atoms with van der Waals surface area (Å²) < 4.78 is 28.6. The Hall–Kier alpha value is -2.17. The van der Waals surface area contributed by atoms with Crippen LogP contribution in [0.15, 0.2) is 41.6 Å². The molecule has 0 saturated heterocycles. The summed E-state index contributed by atoms with van der Waals surface area (Å²) in [5.74, 6) is 0.717. The average molecular weight is 288 g/mol.